The molecule has 1 saturated carbocycles. The van der Waals surface area contributed by atoms with Gasteiger partial charge < -0.3 is 5.32 Å². The lowest BCUT2D eigenvalue weighted by Gasteiger charge is -2.34. The molecule has 1 aliphatic rings. The van der Waals surface area contributed by atoms with Crippen LogP contribution >= 0.6 is 0 Å². The zero-order valence-electron chi connectivity index (χ0n) is 12.8. The molecule has 20 heavy (non-hydrogen) atoms. The van der Waals surface area contributed by atoms with E-state index in [1.54, 1.807) is 0 Å². The van der Waals surface area contributed by atoms with E-state index in [4.69, 9.17) is 0 Å². The molecule has 1 aliphatic carbocycles. The normalized spacial score (nSPS) is 23.1. The fourth-order valence-electron chi connectivity index (χ4n) is 3.97. The summed E-state index contributed by atoms with van der Waals surface area (Å²) in [4.78, 5) is 0. The molecule has 0 heterocycles. The predicted octanol–water partition coefficient (Wildman–Crippen LogP) is 4.93. The summed E-state index contributed by atoms with van der Waals surface area (Å²) in [7, 11) is 2.11. The third-order valence-electron chi connectivity index (χ3n) is 5.19. The lowest BCUT2D eigenvalue weighted by Crippen LogP contribution is -2.31. The van der Waals surface area contributed by atoms with Gasteiger partial charge in [0.15, 0.2) is 0 Å². The number of hydrogen-bond donors (Lipinski definition) is 1. The molecule has 1 N–H and O–H groups in total. The van der Waals surface area contributed by atoms with Crippen molar-refractivity contribution in [1.29, 1.82) is 0 Å². The van der Waals surface area contributed by atoms with Crippen LogP contribution < -0.4 is 5.32 Å². The topological polar surface area (TPSA) is 12.0 Å². The van der Waals surface area contributed by atoms with E-state index >= 15 is 0 Å². The molecule has 0 radical (unpaired) electrons. The molecule has 2 aromatic rings. The number of rotatable bonds is 3. The summed E-state index contributed by atoms with van der Waals surface area (Å²) >= 11 is 0. The summed E-state index contributed by atoms with van der Waals surface area (Å²) in [5.74, 6) is 0.730. The molecule has 2 atom stereocenters. The van der Waals surface area contributed by atoms with Crippen molar-refractivity contribution in [3.63, 3.8) is 0 Å². The third kappa shape index (κ3) is 2.35. The number of hydrogen-bond acceptors (Lipinski definition) is 1. The Labute approximate surface area is 122 Å². The number of fused-ring (bicyclic) bond motifs is 1. The number of nitrogens with one attached hydrogen (secondary N) is 1. The van der Waals surface area contributed by atoms with Crippen LogP contribution in [0.25, 0.3) is 10.8 Å². The lowest BCUT2D eigenvalue weighted by molar-refractivity contribution is 0.204. The van der Waals surface area contributed by atoms with Gasteiger partial charge in [-0.3, -0.25) is 0 Å². The van der Waals surface area contributed by atoms with E-state index in [2.05, 4.69) is 68.7 Å². The first kappa shape index (κ1) is 13.6. The van der Waals surface area contributed by atoms with Gasteiger partial charge in [0.05, 0.1) is 0 Å². The lowest BCUT2D eigenvalue weighted by atomic mass is 9.75. The second-order valence-corrected chi connectivity index (χ2v) is 6.86. The molecule has 0 aromatic heterocycles. The molecule has 0 amide bonds. The standard InChI is InChI=1S/C19H25N/c1-19(2)12-6-9-17(19)18(20-3)16-11-10-14-7-4-5-8-15(14)13-16/h4-5,7-8,10-11,13,17-18,20H,6,9,12H2,1-3H3. The second-order valence-electron chi connectivity index (χ2n) is 6.86. The average molecular weight is 267 g/mol. The Morgan fingerprint density at radius 2 is 1.85 bits per heavy atom. The van der Waals surface area contributed by atoms with Crippen molar-refractivity contribution in [3.8, 4) is 0 Å². The van der Waals surface area contributed by atoms with Crippen molar-refractivity contribution in [2.45, 2.75) is 39.2 Å². The molecule has 0 aliphatic heterocycles. The van der Waals surface area contributed by atoms with Gasteiger partial charge in [-0.15, -0.1) is 0 Å². The molecule has 106 valence electrons. The largest absolute Gasteiger partial charge is 0.313 e. The van der Waals surface area contributed by atoms with E-state index in [1.165, 1.54) is 35.6 Å². The molecule has 1 nitrogen and oxygen atoms in total. The van der Waals surface area contributed by atoms with Gasteiger partial charge in [-0.2, -0.15) is 0 Å². The highest BCUT2D eigenvalue weighted by Crippen LogP contribution is 2.48. The van der Waals surface area contributed by atoms with Gasteiger partial charge in [0.1, 0.15) is 0 Å². The minimum Gasteiger partial charge on any atom is -0.313 e. The molecule has 0 spiro atoms. The minimum atomic E-state index is 0.444. The van der Waals surface area contributed by atoms with Gasteiger partial charge in [-0.05, 0) is 53.6 Å². The fraction of sp³-hybridized carbons (Fsp3) is 0.474. The summed E-state index contributed by atoms with van der Waals surface area (Å²) in [5.41, 5.74) is 1.88. The maximum atomic E-state index is 3.58. The van der Waals surface area contributed by atoms with Crippen LogP contribution in [0, 0.1) is 11.3 Å². The van der Waals surface area contributed by atoms with E-state index in [-0.39, 0.29) is 0 Å². The first-order chi connectivity index (χ1) is 9.62. The quantitative estimate of drug-likeness (QED) is 0.831. The first-order valence-corrected chi connectivity index (χ1v) is 7.78. The molecule has 3 rings (SSSR count). The van der Waals surface area contributed by atoms with E-state index in [0.29, 0.717) is 11.5 Å². The Balaban J connectivity index is 1.99. The van der Waals surface area contributed by atoms with Gasteiger partial charge >= 0.3 is 0 Å². The maximum absolute atomic E-state index is 3.58. The highest BCUT2D eigenvalue weighted by molar-refractivity contribution is 5.83. The van der Waals surface area contributed by atoms with Crippen molar-refractivity contribution in [1.82, 2.24) is 5.32 Å². The van der Waals surface area contributed by atoms with Crippen LogP contribution in [-0.2, 0) is 0 Å². The zero-order chi connectivity index (χ0) is 14.2. The van der Waals surface area contributed by atoms with Crippen LogP contribution in [0.4, 0.5) is 0 Å². The zero-order valence-corrected chi connectivity index (χ0v) is 12.8. The van der Waals surface area contributed by atoms with E-state index < -0.39 is 0 Å². The van der Waals surface area contributed by atoms with Gasteiger partial charge in [0, 0.05) is 6.04 Å². The van der Waals surface area contributed by atoms with Crippen LogP contribution in [0.15, 0.2) is 42.5 Å². The first-order valence-electron chi connectivity index (χ1n) is 7.78. The van der Waals surface area contributed by atoms with Crippen LogP contribution in [-0.4, -0.2) is 7.05 Å². The molecule has 2 aromatic carbocycles. The van der Waals surface area contributed by atoms with Crippen molar-refractivity contribution >= 4 is 10.8 Å². The molecule has 2 unspecified atom stereocenters. The highest BCUT2D eigenvalue weighted by Gasteiger charge is 2.39. The van der Waals surface area contributed by atoms with Crippen LogP contribution in [0.3, 0.4) is 0 Å². The van der Waals surface area contributed by atoms with Gasteiger partial charge in [-0.25, -0.2) is 0 Å². The molecule has 1 fully saturated rings. The van der Waals surface area contributed by atoms with Crippen molar-refractivity contribution in [3.05, 3.63) is 48.0 Å². The van der Waals surface area contributed by atoms with Gasteiger partial charge in [0.2, 0.25) is 0 Å². The SMILES string of the molecule is CNC(c1ccc2ccccc2c1)C1CCCC1(C)C. The maximum Gasteiger partial charge on any atom is 0.0351 e. The number of benzene rings is 2. The van der Waals surface area contributed by atoms with Crippen LogP contribution in [0.5, 0.6) is 0 Å². The molecular formula is C19H25N. The highest BCUT2D eigenvalue weighted by atomic mass is 14.9. The Hall–Kier alpha value is -1.34. The molecule has 0 bridgehead atoms. The summed E-state index contributed by atoms with van der Waals surface area (Å²) in [6, 6.07) is 16.0. The Morgan fingerprint density at radius 3 is 2.50 bits per heavy atom. The predicted molar refractivity (Wildman–Crippen MR) is 86.9 cm³/mol. The van der Waals surface area contributed by atoms with Crippen molar-refractivity contribution < 1.29 is 0 Å². The van der Waals surface area contributed by atoms with Crippen LogP contribution in [0.2, 0.25) is 0 Å². The summed E-state index contributed by atoms with van der Waals surface area (Å²) in [6.07, 6.45) is 4.05. The van der Waals surface area contributed by atoms with Gasteiger partial charge in [-0.1, -0.05) is 56.7 Å². The third-order valence-corrected chi connectivity index (χ3v) is 5.19. The molecular weight excluding hydrogens is 242 g/mol. The Morgan fingerprint density at radius 1 is 1.10 bits per heavy atom. The van der Waals surface area contributed by atoms with Crippen LogP contribution in [0.1, 0.15) is 44.7 Å². The fourth-order valence-corrected chi connectivity index (χ4v) is 3.97. The molecule has 1 heteroatoms. The van der Waals surface area contributed by atoms with E-state index in [1.807, 2.05) is 0 Å². The summed E-state index contributed by atoms with van der Waals surface area (Å²) < 4.78 is 0. The second kappa shape index (κ2) is 5.21. The Bertz CT molecular complexity index is 599. The van der Waals surface area contributed by atoms with Crippen molar-refractivity contribution in [2.24, 2.45) is 11.3 Å². The van der Waals surface area contributed by atoms with Crippen molar-refractivity contribution in [2.75, 3.05) is 7.05 Å². The summed E-state index contributed by atoms with van der Waals surface area (Å²) in [5, 5.41) is 6.26. The average Bonchev–Trinajstić information content (AvgIpc) is 2.79. The van der Waals surface area contributed by atoms with E-state index in [0.717, 1.165) is 5.92 Å². The smallest absolute Gasteiger partial charge is 0.0351 e. The van der Waals surface area contributed by atoms with Gasteiger partial charge in [0.25, 0.3) is 0 Å². The Kier molecular flexibility index (Phi) is 3.55. The molecule has 0 saturated heterocycles. The monoisotopic (exact) mass is 267 g/mol. The summed E-state index contributed by atoms with van der Waals surface area (Å²) in [6.45, 7) is 4.85. The minimum absolute atomic E-state index is 0.444. The van der Waals surface area contributed by atoms with E-state index in [9.17, 15) is 0 Å².